The van der Waals surface area contributed by atoms with E-state index in [-0.39, 0.29) is 11.9 Å². The van der Waals surface area contributed by atoms with E-state index < -0.39 is 11.9 Å². The zero-order valence-corrected chi connectivity index (χ0v) is 23.0. The summed E-state index contributed by atoms with van der Waals surface area (Å²) in [7, 11) is 0. The van der Waals surface area contributed by atoms with Gasteiger partial charge in [0.15, 0.2) is 0 Å². The van der Waals surface area contributed by atoms with Crippen LogP contribution in [0.15, 0.2) is 72.8 Å². The van der Waals surface area contributed by atoms with Crippen molar-refractivity contribution in [3.05, 3.63) is 95.1 Å². The second-order valence-electron chi connectivity index (χ2n) is 11.3. The lowest BCUT2D eigenvalue weighted by Crippen LogP contribution is -2.53. The highest BCUT2D eigenvalue weighted by molar-refractivity contribution is 5.81. The van der Waals surface area contributed by atoms with Gasteiger partial charge >= 0.3 is 5.97 Å². The van der Waals surface area contributed by atoms with Crippen LogP contribution >= 0.6 is 0 Å². The summed E-state index contributed by atoms with van der Waals surface area (Å²) in [6.07, 6.45) is 4.29. The van der Waals surface area contributed by atoms with Crippen LogP contribution in [-0.4, -0.2) is 47.1 Å². The summed E-state index contributed by atoms with van der Waals surface area (Å²) >= 11 is 0. The molecule has 1 amide bonds. The van der Waals surface area contributed by atoms with Crippen LogP contribution in [0.4, 0.5) is 11.4 Å². The molecule has 1 saturated heterocycles. The van der Waals surface area contributed by atoms with Crippen LogP contribution in [-0.2, 0) is 22.6 Å². The number of para-hydroxylation sites is 2. The van der Waals surface area contributed by atoms with E-state index in [2.05, 4.69) is 96.9 Å². The summed E-state index contributed by atoms with van der Waals surface area (Å²) in [6, 6.07) is 26.5. The highest BCUT2D eigenvalue weighted by Crippen LogP contribution is 2.37. The third kappa shape index (κ3) is 6.99. The Kier molecular flexibility index (Phi) is 8.20. The number of carbonyl (C=O) groups excluding carboxylic acids is 1. The average Bonchev–Trinajstić information content (AvgIpc) is 3.73. The molecule has 3 aromatic rings. The average molecular weight is 526 g/mol. The topological polar surface area (TPSA) is 72.9 Å². The fourth-order valence-corrected chi connectivity index (χ4v) is 5.28. The van der Waals surface area contributed by atoms with Crippen LogP contribution < -0.4 is 10.2 Å². The van der Waals surface area contributed by atoms with Crippen LogP contribution in [0.3, 0.4) is 0 Å². The number of carbonyl (C=O) groups is 2. The van der Waals surface area contributed by atoms with Gasteiger partial charge in [0.25, 0.3) is 0 Å². The lowest BCUT2D eigenvalue weighted by molar-refractivity contribution is -0.152. The van der Waals surface area contributed by atoms with E-state index in [1.54, 1.807) is 4.90 Å². The van der Waals surface area contributed by atoms with Crippen LogP contribution in [0.25, 0.3) is 0 Å². The number of rotatable bonds is 12. The molecule has 0 spiro atoms. The highest BCUT2D eigenvalue weighted by Gasteiger charge is 2.35. The third-order valence-electron chi connectivity index (χ3n) is 7.93. The van der Waals surface area contributed by atoms with Crippen molar-refractivity contribution in [3.63, 3.8) is 0 Å². The normalized spacial score (nSPS) is 15.9. The Morgan fingerprint density at radius 1 is 0.923 bits per heavy atom. The molecule has 6 heteroatoms. The second kappa shape index (κ2) is 11.9. The summed E-state index contributed by atoms with van der Waals surface area (Å²) in [5.74, 6) is -1.21. The van der Waals surface area contributed by atoms with E-state index in [0.29, 0.717) is 32.0 Å². The smallest absolute Gasteiger partial charge is 0.310 e. The van der Waals surface area contributed by atoms with Gasteiger partial charge in [-0.25, -0.2) is 0 Å². The number of carboxylic acids is 1. The molecule has 2 fully saturated rings. The minimum atomic E-state index is -0.819. The molecule has 1 heterocycles. The molecule has 0 radical (unpaired) electrons. The van der Waals surface area contributed by atoms with Crippen molar-refractivity contribution in [2.45, 2.75) is 64.6 Å². The number of aliphatic carboxylic acids is 1. The monoisotopic (exact) mass is 525 g/mol. The van der Waals surface area contributed by atoms with Gasteiger partial charge in [-0.05, 0) is 62.8 Å². The van der Waals surface area contributed by atoms with E-state index in [0.717, 1.165) is 18.7 Å². The Bertz CT molecular complexity index is 1280. The summed E-state index contributed by atoms with van der Waals surface area (Å²) in [4.78, 5) is 28.2. The first kappa shape index (κ1) is 26.8. The molecular weight excluding hydrogens is 486 g/mol. The number of benzene rings is 3. The van der Waals surface area contributed by atoms with E-state index >= 15 is 0 Å². The zero-order chi connectivity index (χ0) is 27.4. The van der Waals surface area contributed by atoms with Gasteiger partial charge < -0.3 is 20.2 Å². The second-order valence-corrected chi connectivity index (χ2v) is 11.3. The van der Waals surface area contributed by atoms with Gasteiger partial charge in [0.2, 0.25) is 5.91 Å². The molecule has 2 N–H and O–H groups in total. The third-order valence-corrected chi connectivity index (χ3v) is 7.93. The minimum absolute atomic E-state index is 0.0375. The van der Waals surface area contributed by atoms with Crippen LogP contribution in [0.1, 0.15) is 47.9 Å². The Morgan fingerprint density at radius 3 is 2.15 bits per heavy atom. The number of carboxylic acid groups (broad SMARTS) is 1. The molecular formula is C33H39N3O3. The van der Waals surface area contributed by atoms with Gasteiger partial charge in [-0.3, -0.25) is 9.59 Å². The summed E-state index contributed by atoms with van der Waals surface area (Å²) in [5, 5.41) is 13.0. The largest absolute Gasteiger partial charge is 0.481 e. The number of anilines is 2. The maximum atomic E-state index is 12.8. The van der Waals surface area contributed by atoms with Gasteiger partial charge in [-0.15, -0.1) is 0 Å². The van der Waals surface area contributed by atoms with E-state index in [9.17, 15) is 9.59 Å². The Morgan fingerprint density at radius 2 is 1.54 bits per heavy atom. The molecule has 0 bridgehead atoms. The molecule has 3 aromatic carbocycles. The molecule has 0 aromatic heterocycles. The van der Waals surface area contributed by atoms with Gasteiger partial charge in [-0.1, -0.05) is 71.8 Å². The first-order valence-electron chi connectivity index (χ1n) is 14.1. The lowest BCUT2D eigenvalue weighted by atomic mass is 9.97. The minimum Gasteiger partial charge on any atom is -0.481 e. The summed E-state index contributed by atoms with van der Waals surface area (Å²) in [5.41, 5.74) is 7.33. The molecule has 1 saturated carbocycles. The predicted octanol–water partition coefficient (Wildman–Crippen LogP) is 5.82. The van der Waals surface area contributed by atoms with Gasteiger partial charge in [-0.2, -0.15) is 0 Å². The molecule has 2 aliphatic rings. The fourth-order valence-electron chi connectivity index (χ4n) is 5.28. The number of amides is 1. The first-order chi connectivity index (χ1) is 18.9. The van der Waals surface area contributed by atoms with Gasteiger partial charge in [0.05, 0.1) is 17.3 Å². The molecule has 0 unspecified atom stereocenters. The maximum Gasteiger partial charge on any atom is 0.310 e. The van der Waals surface area contributed by atoms with Crippen LogP contribution in [0.5, 0.6) is 0 Å². The molecule has 6 nitrogen and oxygen atoms in total. The Labute approximate surface area is 231 Å². The molecule has 39 heavy (non-hydrogen) atoms. The Hall–Kier alpha value is -3.80. The van der Waals surface area contributed by atoms with Crippen LogP contribution in [0, 0.1) is 19.8 Å². The molecule has 204 valence electrons. The summed E-state index contributed by atoms with van der Waals surface area (Å²) < 4.78 is 0. The lowest BCUT2D eigenvalue weighted by Gasteiger charge is -2.37. The van der Waals surface area contributed by atoms with Crippen molar-refractivity contribution >= 4 is 23.3 Å². The van der Waals surface area contributed by atoms with Crippen molar-refractivity contribution in [1.82, 2.24) is 4.90 Å². The number of nitrogens with one attached hydrogen (secondary N) is 1. The number of hydrogen-bond acceptors (Lipinski definition) is 4. The number of likely N-dealkylation sites (tertiary alicyclic amines) is 1. The van der Waals surface area contributed by atoms with Gasteiger partial charge in [0, 0.05) is 38.1 Å². The zero-order valence-electron chi connectivity index (χ0n) is 23.0. The van der Waals surface area contributed by atoms with E-state index in [1.165, 1.54) is 40.8 Å². The van der Waals surface area contributed by atoms with E-state index in [4.69, 9.17) is 5.11 Å². The molecule has 5 rings (SSSR count). The molecule has 1 atom stereocenters. The Balaban J connectivity index is 1.32. The molecule has 1 aliphatic carbocycles. The number of hydrogen-bond donors (Lipinski definition) is 2. The summed E-state index contributed by atoms with van der Waals surface area (Å²) in [6.45, 7) is 5.72. The van der Waals surface area contributed by atoms with Crippen molar-refractivity contribution < 1.29 is 14.7 Å². The molecule has 1 aliphatic heterocycles. The fraction of sp³-hybridized carbons (Fsp3) is 0.394. The predicted molar refractivity (Wildman–Crippen MR) is 156 cm³/mol. The quantitative estimate of drug-likeness (QED) is 0.312. The van der Waals surface area contributed by atoms with Crippen molar-refractivity contribution in [2.24, 2.45) is 5.92 Å². The van der Waals surface area contributed by atoms with Gasteiger partial charge in [0.1, 0.15) is 0 Å². The SMILES string of the molecule is Cc1ccc(C[C@H](CCC(=O)N2CC(C(=O)O)C2)Nc2ccccc2N(Cc2ccc(C)cc2)C2CC2)cc1. The van der Waals surface area contributed by atoms with Crippen molar-refractivity contribution in [3.8, 4) is 0 Å². The number of nitrogens with zero attached hydrogens (tertiary/aromatic N) is 2. The standard InChI is InChI=1S/C33H39N3O3/c1-23-7-11-25(12-8-23)19-28(15-18-32(37)35-21-27(22-35)33(38)39)34-30-5-3-4-6-31(30)36(29-16-17-29)20-26-13-9-24(2)10-14-26/h3-14,27-29,34H,15-22H2,1-2H3,(H,38,39)/t28-/m0/s1. The first-order valence-corrected chi connectivity index (χ1v) is 14.1. The van der Waals surface area contributed by atoms with Crippen molar-refractivity contribution in [1.29, 1.82) is 0 Å². The highest BCUT2D eigenvalue weighted by atomic mass is 16.4. The number of aryl methyl sites for hydroxylation is 2. The van der Waals surface area contributed by atoms with E-state index in [1.807, 2.05) is 0 Å². The van der Waals surface area contributed by atoms with Crippen molar-refractivity contribution in [2.75, 3.05) is 23.3 Å². The maximum absolute atomic E-state index is 12.8. The van der Waals surface area contributed by atoms with Crippen LogP contribution in [0.2, 0.25) is 0 Å².